The van der Waals surface area contributed by atoms with Crippen molar-refractivity contribution in [2.24, 2.45) is 0 Å². The summed E-state index contributed by atoms with van der Waals surface area (Å²) in [4.78, 5) is 12.6. The smallest absolute Gasteiger partial charge is 0.234 e. The van der Waals surface area contributed by atoms with Gasteiger partial charge in [0.25, 0.3) is 0 Å². The zero-order valence-corrected chi connectivity index (χ0v) is 19.1. The molecular weight excluding hydrogens is 456 g/mol. The highest BCUT2D eigenvalue weighted by molar-refractivity contribution is 7.99. The summed E-state index contributed by atoms with van der Waals surface area (Å²) in [5.74, 6) is 1.22. The molecular formula is C25H19ClN4O2S. The molecule has 0 aliphatic heterocycles. The summed E-state index contributed by atoms with van der Waals surface area (Å²) >= 11 is 7.40. The van der Waals surface area contributed by atoms with Crippen LogP contribution in [0.1, 0.15) is 0 Å². The quantitative estimate of drug-likeness (QED) is 0.218. The van der Waals surface area contributed by atoms with Crippen LogP contribution in [-0.4, -0.2) is 26.4 Å². The van der Waals surface area contributed by atoms with Gasteiger partial charge in [-0.3, -0.25) is 9.36 Å². The number of carbonyl (C=O) groups excluding carboxylic acids is 1. The van der Waals surface area contributed by atoms with E-state index in [1.165, 1.54) is 11.8 Å². The molecule has 1 amide bonds. The molecule has 0 fully saturated rings. The lowest BCUT2D eigenvalue weighted by Gasteiger charge is -2.08. The third kappa shape index (κ3) is 4.51. The third-order valence-electron chi connectivity index (χ3n) is 5.09. The molecule has 164 valence electrons. The van der Waals surface area contributed by atoms with E-state index in [1.807, 2.05) is 65.2 Å². The lowest BCUT2D eigenvalue weighted by Crippen LogP contribution is -2.14. The van der Waals surface area contributed by atoms with Crippen LogP contribution in [0.3, 0.4) is 0 Å². The van der Waals surface area contributed by atoms with E-state index in [2.05, 4.69) is 22.1 Å². The van der Waals surface area contributed by atoms with Crippen LogP contribution in [0.25, 0.3) is 33.3 Å². The minimum Gasteiger partial charge on any atom is -0.453 e. The highest BCUT2D eigenvalue weighted by Gasteiger charge is 2.18. The normalized spacial score (nSPS) is 11.2. The number of carbonyl (C=O) groups is 1. The van der Waals surface area contributed by atoms with Gasteiger partial charge in [0.1, 0.15) is 5.58 Å². The minimum absolute atomic E-state index is 0.122. The molecule has 0 bridgehead atoms. The Balaban J connectivity index is 1.33. The van der Waals surface area contributed by atoms with E-state index < -0.39 is 0 Å². The average molecular weight is 475 g/mol. The van der Waals surface area contributed by atoms with Crippen LogP contribution in [0.5, 0.6) is 0 Å². The maximum Gasteiger partial charge on any atom is 0.234 e. The molecule has 0 saturated heterocycles. The zero-order valence-electron chi connectivity index (χ0n) is 17.5. The number of anilines is 1. The van der Waals surface area contributed by atoms with E-state index >= 15 is 0 Å². The molecule has 0 spiro atoms. The molecule has 8 heteroatoms. The predicted octanol–water partition coefficient (Wildman–Crippen LogP) is 6.41. The number of thioether (sulfide) groups is 1. The van der Waals surface area contributed by atoms with Crippen molar-refractivity contribution in [2.45, 2.75) is 11.7 Å². The largest absolute Gasteiger partial charge is 0.453 e. The van der Waals surface area contributed by atoms with Crippen molar-refractivity contribution < 1.29 is 9.21 Å². The van der Waals surface area contributed by atoms with Crippen LogP contribution in [0.2, 0.25) is 5.02 Å². The number of allylic oxidation sites excluding steroid dienone is 1. The van der Waals surface area contributed by atoms with Gasteiger partial charge in [-0.25, -0.2) is 0 Å². The van der Waals surface area contributed by atoms with Gasteiger partial charge in [-0.05, 0) is 47.2 Å². The summed E-state index contributed by atoms with van der Waals surface area (Å²) < 4.78 is 7.82. The lowest BCUT2D eigenvalue weighted by atomic mass is 10.1. The van der Waals surface area contributed by atoms with Gasteiger partial charge < -0.3 is 9.73 Å². The van der Waals surface area contributed by atoms with Crippen molar-refractivity contribution >= 4 is 56.7 Å². The number of rotatable bonds is 7. The van der Waals surface area contributed by atoms with Crippen molar-refractivity contribution in [2.75, 3.05) is 11.1 Å². The first-order chi connectivity index (χ1) is 16.1. The SMILES string of the molecule is C=CCn1c(SCC(=O)Nc2ccc3ccccc3c2)nnc1-c1cc2cc(Cl)ccc2o1. The van der Waals surface area contributed by atoms with Gasteiger partial charge in [0.2, 0.25) is 11.7 Å². The molecule has 0 unspecified atom stereocenters. The van der Waals surface area contributed by atoms with Crippen molar-refractivity contribution in [1.29, 1.82) is 0 Å². The van der Waals surface area contributed by atoms with E-state index in [4.69, 9.17) is 16.0 Å². The molecule has 0 atom stereocenters. The van der Waals surface area contributed by atoms with Crippen LogP contribution in [0.15, 0.2) is 89.0 Å². The van der Waals surface area contributed by atoms with E-state index in [1.54, 1.807) is 12.1 Å². The van der Waals surface area contributed by atoms with Crippen molar-refractivity contribution in [1.82, 2.24) is 14.8 Å². The number of nitrogens with one attached hydrogen (secondary N) is 1. The topological polar surface area (TPSA) is 73.0 Å². The van der Waals surface area contributed by atoms with Gasteiger partial charge in [-0.2, -0.15) is 0 Å². The fourth-order valence-corrected chi connectivity index (χ4v) is 4.52. The number of nitrogens with zero attached hydrogens (tertiary/aromatic N) is 3. The Morgan fingerprint density at radius 2 is 1.91 bits per heavy atom. The van der Waals surface area contributed by atoms with Gasteiger partial charge >= 0.3 is 0 Å². The summed E-state index contributed by atoms with van der Waals surface area (Å²) in [5.41, 5.74) is 1.47. The second-order valence-electron chi connectivity index (χ2n) is 7.40. The summed E-state index contributed by atoms with van der Waals surface area (Å²) in [6.07, 6.45) is 1.76. The van der Waals surface area contributed by atoms with Crippen molar-refractivity contribution in [3.05, 3.63) is 84.4 Å². The number of benzene rings is 3. The van der Waals surface area contributed by atoms with Crippen LogP contribution < -0.4 is 5.32 Å². The molecule has 0 aliphatic carbocycles. The Kier molecular flexibility index (Phi) is 5.90. The Hall–Kier alpha value is -3.55. The van der Waals surface area contributed by atoms with E-state index in [0.29, 0.717) is 33.9 Å². The fourth-order valence-electron chi connectivity index (χ4n) is 3.59. The molecule has 2 heterocycles. The second kappa shape index (κ2) is 9.13. The molecule has 0 saturated carbocycles. The van der Waals surface area contributed by atoms with Gasteiger partial charge in [0, 0.05) is 22.6 Å². The summed E-state index contributed by atoms with van der Waals surface area (Å²) in [6.45, 7) is 4.31. The van der Waals surface area contributed by atoms with Crippen molar-refractivity contribution in [3.63, 3.8) is 0 Å². The summed E-state index contributed by atoms with van der Waals surface area (Å²) in [7, 11) is 0. The molecule has 0 radical (unpaired) electrons. The van der Waals surface area contributed by atoms with Crippen LogP contribution in [0.4, 0.5) is 5.69 Å². The number of hydrogen-bond donors (Lipinski definition) is 1. The first kappa shape index (κ1) is 21.3. The monoisotopic (exact) mass is 474 g/mol. The van der Waals surface area contributed by atoms with Gasteiger partial charge in [0.15, 0.2) is 10.9 Å². The Morgan fingerprint density at radius 1 is 1.06 bits per heavy atom. The number of aromatic nitrogens is 3. The number of fused-ring (bicyclic) bond motifs is 2. The summed E-state index contributed by atoms with van der Waals surface area (Å²) in [6, 6.07) is 21.2. The number of halogens is 1. The Morgan fingerprint density at radius 3 is 2.76 bits per heavy atom. The molecule has 5 rings (SSSR count). The van der Waals surface area contributed by atoms with Crippen molar-refractivity contribution in [3.8, 4) is 11.6 Å². The Bertz CT molecular complexity index is 1490. The van der Waals surface area contributed by atoms with Gasteiger partial charge in [0.05, 0.1) is 5.75 Å². The molecule has 3 aromatic carbocycles. The fraction of sp³-hybridized carbons (Fsp3) is 0.0800. The van der Waals surface area contributed by atoms with Crippen LogP contribution >= 0.6 is 23.4 Å². The maximum atomic E-state index is 12.6. The average Bonchev–Trinajstić information content (AvgIpc) is 3.41. The van der Waals surface area contributed by atoms with Crippen LogP contribution in [-0.2, 0) is 11.3 Å². The number of furan rings is 1. The minimum atomic E-state index is -0.122. The number of amides is 1. The zero-order chi connectivity index (χ0) is 22.8. The second-order valence-corrected chi connectivity index (χ2v) is 8.78. The van der Waals surface area contributed by atoms with E-state index in [0.717, 1.165) is 21.8 Å². The molecule has 5 aromatic rings. The maximum absolute atomic E-state index is 12.6. The van der Waals surface area contributed by atoms with Gasteiger partial charge in [-0.15, -0.1) is 16.8 Å². The summed E-state index contributed by atoms with van der Waals surface area (Å²) in [5, 5.41) is 15.9. The molecule has 1 N–H and O–H groups in total. The van der Waals surface area contributed by atoms with Crippen LogP contribution in [0, 0.1) is 0 Å². The molecule has 2 aromatic heterocycles. The number of hydrogen-bond acceptors (Lipinski definition) is 5. The first-order valence-electron chi connectivity index (χ1n) is 10.3. The molecule has 0 aliphatic rings. The van der Waals surface area contributed by atoms with E-state index in [9.17, 15) is 4.79 Å². The Labute approximate surface area is 199 Å². The predicted molar refractivity (Wildman–Crippen MR) is 134 cm³/mol. The third-order valence-corrected chi connectivity index (χ3v) is 6.29. The molecule has 33 heavy (non-hydrogen) atoms. The lowest BCUT2D eigenvalue weighted by molar-refractivity contribution is -0.113. The first-order valence-corrected chi connectivity index (χ1v) is 11.6. The van der Waals surface area contributed by atoms with Gasteiger partial charge in [-0.1, -0.05) is 59.8 Å². The molecule has 6 nitrogen and oxygen atoms in total. The van der Waals surface area contributed by atoms with E-state index in [-0.39, 0.29) is 11.7 Å². The highest BCUT2D eigenvalue weighted by Crippen LogP contribution is 2.31. The highest BCUT2D eigenvalue weighted by atomic mass is 35.5. The standard InChI is InChI=1S/C25H19ClN4O2S/c1-2-11-30-24(22-14-18-12-19(26)8-10-21(18)32-22)28-29-25(30)33-15-23(31)27-20-9-7-16-5-3-4-6-17(16)13-20/h2-10,12-14H,1,11,15H2,(H,27,31).